The van der Waals surface area contributed by atoms with Crippen molar-refractivity contribution in [3.8, 4) is 0 Å². The molecule has 0 bridgehead atoms. The van der Waals surface area contributed by atoms with Crippen LogP contribution in [0, 0.1) is 0 Å². The lowest BCUT2D eigenvalue weighted by molar-refractivity contribution is -0.109. The van der Waals surface area contributed by atoms with Crippen molar-refractivity contribution in [1.82, 2.24) is 4.98 Å². The first kappa shape index (κ1) is 13.5. The highest BCUT2D eigenvalue weighted by Crippen LogP contribution is 2.40. The Hall–Kier alpha value is -2.14. The maximum atomic E-state index is 11.4. The Labute approximate surface area is 133 Å². The van der Waals surface area contributed by atoms with Gasteiger partial charge >= 0.3 is 0 Å². The lowest BCUT2D eigenvalue weighted by Crippen LogP contribution is -2.35. The molecule has 1 aromatic carbocycles. The summed E-state index contributed by atoms with van der Waals surface area (Å²) in [5.41, 5.74) is 3.41. The largest absolute Gasteiger partial charge is 0.317 e. The number of hydrogen-bond acceptors (Lipinski definition) is 5. The van der Waals surface area contributed by atoms with E-state index in [1.165, 1.54) is 11.3 Å². The molecule has 3 heterocycles. The summed E-state index contributed by atoms with van der Waals surface area (Å²) < 4.78 is 0. The van der Waals surface area contributed by atoms with E-state index in [4.69, 9.17) is 0 Å². The number of para-hydroxylation sites is 1. The molecule has 0 radical (unpaired) electrons. The molecule has 0 amide bonds. The number of aliphatic imine (C=N–C) groups is 1. The fourth-order valence-electron chi connectivity index (χ4n) is 3.09. The predicted octanol–water partition coefficient (Wildman–Crippen LogP) is 3.23. The third-order valence-electron chi connectivity index (χ3n) is 4.10. The third-order valence-corrected chi connectivity index (χ3v) is 5.12. The summed E-state index contributed by atoms with van der Waals surface area (Å²) >= 11 is 1.55. The van der Waals surface area contributed by atoms with Gasteiger partial charge < -0.3 is 9.69 Å². The van der Waals surface area contributed by atoms with Crippen LogP contribution in [0.2, 0.25) is 0 Å². The minimum absolute atomic E-state index is 0.334. The molecule has 0 aliphatic carbocycles. The molecule has 4 nitrogen and oxygen atoms in total. The SMILES string of the molecule is CC1Cc2ccccc2N1C1=NC(C=O)c2cccnc2S1. The molecule has 0 saturated carbocycles. The summed E-state index contributed by atoms with van der Waals surface area (Å²) in [6, 6.07) is 12.0. The van der Waals surface area contributed by atoms with E-state index >= 15 is 0 Å². The molecule has 0 spiro atoms. The zero-order valence-electron chi connectivity index (χ0n) is 12.1. The minimum Gasteiger partial charge on any atom is -0.317 e. The second-order valence-corrected chi connectivity index (χ2v) is 6.50. The van der Waals surface area contributed by atoms with E-state index in [0.717, 1.165) is 28.5 Å². The van der Waals surface area contributed by atoms with E-state index < -0.39 is 6.04 Å². The second-order valence-electron chi connectivity index (χ2n) is 5.54. The highest BCUT2D eigenvalue weighted by atomic mass is 32.2. The fraction of sp³-hybridized carbons (Fsp3) is 0.235. The van der Waals surface area contributed by atoms with Gasteiger partial charge in [-0.2, -0.15) is 0 Å². The number of fused-ring (bicyclic) bond motifs is 2. The average Bonchev–Trinajstić information content (AvgIpc) is 2.89. The first-order valence-corrected chi connectivity index (χ1v) is 8.12. The van der Waals surface area contributed by atoms with Crippen molar-refractivity contribution in [2.24, 2.45) is 4.99 Å². The molecule has 2 aliphatic heterocycles. The standard InChI is InChI=1S/C17H15N3OS/c1-11-9-12-5-2-3-7-15(12)20(11)17-19-14(10-21)13-6-4-8-18-16(13)22-17/h2-8,10-11,14H,9H2,1H3. The Morgan fingerprint density at radius 2 is 2.14 bits per heavy atom. The van der Waals surface area contributed by atoms with E-state index in [2.05, 4.69) is 40.0 Å². The van der Waals surface area contributed by atoms with Crippen LogP contribution in [-0.4, -0.2) is 22.5 Å². The predicted molar refractivity (Wildman–Crippen MR) is 88.4 cm³/mol. The Morgan fingerprint density at radius 1 is 1.27 bits per heavy atom. The topological polar surface area (TPSA) is 45.6 Å². The number of pyridine rings is 1. The van der Waals surface area contributed by atoms with E-state index in [1.807, 2.05) is 18.2 Å². The van der Waals surface area contributed by atoms with E-state index in [1.54, 1.807) is 18.0 Å². The van der Waals surface area contributed by atoms with Crippen molar-refractivity contribution in [3.63, 3.8) is 0 Å². The van der Waals surface area contributed by atoms with Gasteiger partial charge in [-0.3, -0.25) is 0 Å². The van der Waals surface area contributed by atoms with Gasteiger partial charge in [0.2, 0.25) is 0 Å². The van der Waals surface area contributed by atoms with Gasteiger partial charge in [0, 0.05) is 23.5 Å². The molecule has 0 saturated heterocycles. The Morgan fingerprint density at radius 3 is 3.00 bits per heavy atom. The number of carbonyl (C=O) groups excluding carboxylic acids is 1. The number of hydrogen-bond donors (Lipinski definition) is 0. The average molecular weight is 309 g/mol. The lowest BCUT2D eigenvalue weighted by atomic mass is 10.1. The van der Waals surface area contributed by atoms with Crippen LogP contribution in [0.1, 0.15) is 24.1 Å². The third kappa shape index (κ3) is 2.04. The van der Waals surface area contributed by atoms with E-state index in [0.29, 0.717) is 6.04 Å². The summed E-state index contributed by atoms with van der Waals surface area (Å²) in [4.78, 5) is 22.8. The maximum absolute atomic E-state index is 11.4. The van der Waals surface area contributed by atoms with Gasteiger partial charge in [-0.25, -0.2) is 9.98 Å². The van der Waals surface area contributed by atoms with Crippen LogP contribution in [-0.2, 0) is 11.2 Å². The highest BCUT2D eigenvalue weighted by Gasteiger charge is 2.33. The first-order valence-electron chi connectivity index (χ1n) is 7.31. The molecule has 4 rings (SSSR count). The quantitative estimate of drug-likeness (QED) is 0.759. The molecule has 5 heteroatoms. The van der Waals surface area contributed by atoms with E-state index in [-0.39, 0.29) is 0 Å². The van der Waals surface area contributed by atoms with Crippen LogP contribution < -0.4 is 4.90 Å². The van der Waals surface area contributed by atoms with Gasteiger partial charge in [0.25, 0.3) is 0 Å². The molecular weight excluding hydrogens is 294 g/mol. The summed E-state index contributed by atoms with van der Waals surface area (Å²) in [6.45, 7) is 2.19. The normalized spacial score (nSPS) is 22.8. The van der Waals surface area contributed by atoms with Crippen LogP contribution >= 0.6 is 11.8 Å². The molecular formula is C17H15N3OS. The summed E-state index contributed by atoms with van der Waals surface area (Å²) in [7, 11) is 0. The van der Waals surface area contributed by atoms with Crippen LogP contribution in [0.4, 0.5) is 5.69 Å². The number of anilines is 1. The fourth-order valence-corrected chi connectivity index (χ4v) is 4.22. The maximum Gasteiger partial charge on any atom is 0.171 e. The smallest absolute Gasteiger partial charge is 0.171 e. The highest BCUT2D eigenvalue weighted by molar-refractivity contribution is 8.14. The van der Waals surface area contributed by atoms with Gasteiger partial charge in [0.1, 0.15) is 17.4 Å². The number of carbonyl (C=O) groups is 1. The van der Waals surface area contributed by atoms with Gasteiger partial charge in [-0.15, -0.1) is 0 Å². The van der Waals surface area contributed by atoms with Crippen molar-refractivity contribution >= 4 is 28.9 Å². The van der Waals surface area contributed by atoms with E-state index in [9.17, 15) is 4.79 Å². The molecule has 0 fully saturated rings. The van der Waals surface area contributed by atoms with Gasteiger partial charge in [0.05, 0.1) is 0 Å². The summed E-state index contributed by atoms with van der Waals surface area (Å²) in [6.07, 6.45) is 3.65. The number of amidine groups is 1. The molecule has 2 atom stereocenters. The molecule has 22 heavy (non-hydrogen) atoms. The summed E-state index contributed by atoms with van der Waals surface area (Å²) in [5.74, 6) is 0. The van der Waals surface area contributed by atoms with Gasteiger partial charge in [-0.1, -0.05) is 24.3 Å². The Bertz CT molecular complexity index is 774. The number of thioether (sulfide) groups is 1. The van der Waals surface area contributed by atoms with Gasteiger partial charge in [-0.05, 0) is 42.8 Å². The molecule has 2 aromatic rings. The number of rotatable bonds is 1. The van der Waals surface area contributed by atoms with Crippen LogP contribution in [0.5, 0.6) is 0 Å². The molecule has 110 valence electrons. The Kier molecular flexibility index (Phi) is 3.22. The first-order chi connectivity index (χ1) is 10.8. The molecule has 0 N–H and O–H groups in total. The van der Waals surface area contributed by atoms with Crippen molar-refractivity contribution in [2.45, 2.75) is 30.5 Å². The summed E-state index contributed by atoms with van der Waals surface area (Å²) in [5, 5.41) is 1.74. The molecule has 2 unspecified atom stereocenters. The zero-order valence-corrected chi connectivity index (χ0v) is 13.0. The number of nitrogens with zero attached hydrogens (tertiary/aromatic N) is 3. The lowest BCUT2D eigenvalue weighted by Gasteiger charge is -2.29. The van der Waals surface area contributed by atoms with Crippen LogP contribution in [0.25, 0.3) is 0 Å². The second kappa shape index (κ2) is 5.25. The van der Waals surface area contributed by atoms with Crippen LogP contribution in [0.15, 0.2) is 52.6 Å². The van der Waals surface area contributed by atoms with Crippen molar-refractivity contribution < 1.29 is 4.79 Å². The zero-order chi connectivity index (χ0) is 15.1. The Balaban J connectivity index is 1.78. The molecule has 1 aromatic heterocycles. The number of aldehydes is 1. The minimum atomic E-state index is -0.458. The van der Waals surface area contributed by atoms with Crippen LogP contribution in [0.3, 0.4) is 0 Å². The monoisotopic (exact) mass is 309 g/mol. The number of benzene rings is 1. The van der Waals surface area contributed by atoms with Crippen molar-refractivity contribution in [1.29, 1.82) is 0 Å². The van der Waals surface area contributed by atoms with Gasteiger partial charge in [0.15, 0.2) is 5.17 Å². The van der Waals surface area contributed by atoms with Crippen molar-refractivity contribution in [2.75, 3.05) is 4.90 Å². The van der Waals surface area contributed by atoms with Crippen molar-refractivity contribution in [3.05, 3.63) is 53.7 Å². The molecule has 2 aliphatic rings. The number of aromatic nitrogens is 1.